The number of carbonyl (C=O) groups is 1. The summed E-state index contributed by atoms with van der Waals surface area (Å²) in [5, 5.41) is 0. The molecule has 19 heavy (non-hydrogen) atoms. The van der Waals surface area contributed by atoms with Crippen molar-refractivity contribution in [1.82, 2.24) is 9.97 Å². The molecule has 1 heterocycles. The number of nitrogens with zero attached hydrogens (tertiary/aromatic N) is 1. The minimum atomic E-state index is -0.486. The van der Waals surface area contributed by atoms with Gasteiger partial charge in [0.15, 0.2) is 0 Å². The van der Waals surface area contributed by atoms with Crippen molar-refractivity contribution >= 4 is 16.9 Å². The zero-order valence-electron chi connectivity index (χ0n) is 9.85. The first kappa shape index (κ1) is 11.4. The molecule has 3 rings (SSSR count). The largest absolute Gasteiger partial charge is 0.366 e. The number of hydrogen-bond donors (Lipinski definition) is 2. The first-order valence-corrected chi connectivity index (χ1v) is 5.69. The summed E-state index contributed by atoms with van der Waals surface area (Å²) >= 11 is 0. The molecule has 94 valence electrons. The third kappa shape index (κ3) is 2.06. The number of aromatic amines is 1. The Kier molecular flexibility index (Phi) is 2.52. The van der Waals surface area contributed by atoms with Gasteiger partial charge >= 0.3 is 0 Å². The molecule has 3 aromatic rings. The molecule has 2 aromatic carbocycles. The fourth-order valence-electron chi connectivity index (χ4n) is 1.91. The third-order valence-corrected chi connectivity index (χ3v) is 2.88. The smallest absolute Gasteiger partial charge is 0.248 e. The molecule has 0 aliphatic carbocycles. The monoisotopic (exact) mass is 255 g/mol. The summed E-state index contributed by atoms with van der Waals surface area (Å²) < 4.78 is 12.9. The number of aromatic nitrogens is 2. The number of nitrogens with two attached hydrogens (primary N) is 1. The number of halogens is 1. The van der Waals surface area contributed by atoms with E-state index in [-0.39, 0.29) is 5.82 Å². The lowest BCUT2D eigenvalue weighted by atomic mass is 10.2. The van der Waals surface area contributed by atoms with Gasteiger partial charge in [-0.1, -0.05) is 0 Å². The quantitative estimate of drug-likeness (QED) is 0.738. The minimum Gasteiger partial charge on any atom is -0.366 e. The summed E-state index contributed by atoms with van der Waals surface area (Å²) in [6.45, 7) is 0. The summed E-state index contributed by atoms with van der Waals surface area (Å²) in [6.07, 6.45) is 0. The third-order valence-electron chi connectivity index (χ3n) is 2.88. The molecule has 0 atom stereocenters. The molecule has 0 aliphatic heterocycles. The molecule has 5 heteroatoms. The molecule has 0 aliphatic rings. The standard InChI is InChI=1S/C14H10FN3O/c15-10-4-1-8(2-5-10)14-17-11-6-3-9(13(16)19)7-12(11)18-14/h1-7H,(H2,16,19)(H,17,18). The Morgan fingerprint density at radius 2 is 1.89 bits per heavy atom. The Bertz CT molecular complexity index is 762. The zero-order chi connectivity index (χ0) is 13.4. The van der Waals surface area contributed by atoms with Crippen molar-refractivity contribution in [3.05, 3.63) is 53.8 Å². The van der Waals surface area contributed by atoms with Gasteiger partial charge in [-0.25, -0.2) is 9.37 Å². The Morgan fingerprint density at radius 1 is 1.16 bits per heavy atom. The van der Waals surface area contributed by atoms with Gasteiger partial charge in [0.25, 0.3) is 0 Å². The highest BCUT2D eigenvalue weighted by atomic mass is 19.1. The predicted octanol–water partition coefficient (Wildman–Crippen LogP) is 2.47. The van der Waals surface area contributed by atoms with Crippen LogP contribution in [0.25, 0.3) is 22.4 Å². The summed E-state index contributed by atoms with van der Waals surface area (Å²) in [5.74, 6) is -0.160. The van der Waals surface area contributed by atoms with Crippen LogP contribution in [0.1, 0.15) is 10.4 Å². The number of hydrogen-bond acceptors (Lipinski definition) is 2. The molecule has 0 unspecified atom stereocenters. The lowest BCUT2D eigenvalue weighted by Gasteiger charge is -1.95. The summed E-state index contributed by atoms with van der Waals surface area (Å²) in [6, 6.07) is 11.0. The molecule has 4 nitrogen and oxygen atoms in total. The molecular formula is C14H10FN3O. The van der Waals surface area contributed by atoms with E-state index in [0.29, 0.717) is 11.4 Å². The van der Waals surface area contributed by atoms with E-state index in [4.69, 9.17) is 5.73 Å². The van der Waals surface area contributed by atoms with Crippen molar-refractivity contribution in [2.45, 2.75) is 0 Å². The second-order valence-corrected chi connectivity index (χ2v) is 4.19. The van der Waals surface area contributed by atoms with E-state index in [9.17, 15) is 9.18 Å². The highest BCUT2D eigenvalue weighted by Gasteiger charge is 2.07. The first-order chi connectivity index (χ1) is 9.13. The maximum absolute atomic E-state index is 12.9. The second kappa shape index (κ2) is 4.20. The van der Waals surface area contributed by atoms with E-state index in [2.05, 4.69) is 9.97 Å². The van der Waals surface area contributed by atoms with Gasteiger partial charge in [0.05, 0.1) is 11.0 Å². The predicted molar refractivity (Wildman–Crippen MR) is 70.0 cm³/mol. The Morgan fingerprint density at radius 3 is 2.58 bits per heavy atom. The normalized spacial score (nSPS) is 10.8. The number of rotatable bonds is 2. The Balaban J connectivity index is 2.11. The van der Waals surface area contributed by atoms with Crippen LogP contribution in [0, 0.1) is 5.82 Å². The van der Waals surface area contributed by atoms with E-state index in [1.165, 1.54) is 12.1 Å². The van der Waals surface area contributed by atoms with E-state index in [0.717, 1.165) is 16.6 Å². The highest BCUT2D eigenvalue weighted by Crippen LogP contribution is 2.21. The number of nitrogens with one attached hydrogen (secondary N) is 1. The van der Waals surface area contributed by atoms with Crippen molar-refractivity contribution in [2.75, 3.05) is 0 Å². The molecule has 0 saturated heterocycles. The van der Waals surface area contributed by atoms with E-state index >= 15 is 0 Å². The topological polar surface area (TPSA) is 71.8 Å². The molecule has 3 N–H and O–H groups in total. The van der Waals surface area contributed by atoms with Gasteiger partial charge in [0.2, 0.25) is 5.91 Å². The molecule has 0 saturated carbocycles. The number of H-pyrrole nitrogens is 1. The number of benzene rings is 2. The van der Waals surface area contributed by atoms with Crippen LogP contribution >= 0.6 is 0 Å². The lowest BCUT2D eigenvalue weighted by molar-refractivity contribution is 0.100. The summed E-state index contributed by atoms with van der Waals surface area (Å²) in [5.41, 5.74) is 7.86. The lowest BCUT2D eigenvalue weighted by Crippen LogP contribution is -2.10. The number of fused-ring (bicyclic) bond motifs is 1. The molecule has 0 spiro atoms. The van der Waals surface area contributed by atoms with Crippen LogP contribution < -0.4 is 5.73 Å². The van der Waals surface area contributed by atoms with Crippen LogP contribution in [0.2, 0.25) is 0 Å². The maximum atomic E-state index is 12.9. The van der Waals surface area contributed by atoms with Gasteiger partial charge in [-0.05, 0) is 42.5 Å². The fraction of sp³-hybridized carbons (Fsp3) is 0. The van der Waals surface area contributed by atoms with Crippen LogP contribution in [0.5, 0.6) is 0 Å². The van der Waals surface area contributed by atoms with E-state index < -0.39 is 5.91 Å². The summed E-state index contributed by atoms with van der Waals surface area (Å²) in [4.78, 5) is 18.6. The molecular weight excluding hydrogens is 245 g/mol. The van der Waals surface area contributed by atoms with Gasteiger partial charge in [0, 0.05) is 11.1 Å². The van der Waals surface area contributed by atoms with Crippen molar-refractivity contribution in [3.63, 3.8) is 0 Å². The fourth-order valence-corrected chi connectivity index (χ4v) is 1.91. The van der Waals surface area contributed by atoms with Crippen LogP contribution in [0.15, 0.2) is 42.5 Å². The second-order valence-electron chi connectivity index (χ2n) is 4.19. The Hall–Kier alpha value is -2.69. The van der Waals surface area contributed by atoms with Gasteiger partial charge in [-0.3, -0.25) is 4.79 Å². The van der Waals surface area contributed by atoms with Crippen LogP contribution in [0.3, 0.4) is 0 Å². The van der Waals surface area contributed by atoms with Crippen molar-refractivity contribution in [2.24, 2.45) is 5.73 Å². The average Bonchev–Trinajstić information content (AvgIpc) is 2.82. The van der Waals surface area contributed by atoms with Crippen LogP contribution in [-0.4, -0.2) is 15.9 Å². The van der Waals surface area contributed by atoms with Gasteiger partial charge in [-0.2, -0.15) is 0 Å². The van der Waals surface area contributed by atoms with Crippen molar-refractivity contribution in [1.29, 1.82) is 0 Å². The maximum Gasteiger partial charge on any atom is 0.248 e. The number of amides is 1. The Labute approximate surface area is 108 Å². The van der Waals surface area contributed by atoms with E-state index in [1.807, 2.05) is 0 Å². The zero-order valence-corrected chi connectivity index (χ0v) is 9.85. The number of carbonyl (C=O) groups excluding carboxylic acids is 1. The molecule has 1 amide bonds. The number of imidazole rings is 1. The molecule has 0 bridgehead atoms. The average molecular weight is 255 g/mol. The van der Waals surface area contributed by atoms with Gasteiger partial charge in [0.1, 0.15) is 11.6 Å². The van der Waals surface area contributed by atoms with Crippen LogP contribution in [0.4, 0.5) is 4.39 Å². The SMILES string of the molecule is NC(=O)c1ccc2nc(-c3ccc(F)cc3)[nH]c2c1. The van der Waals surface area contributed by atoms with Crippen molar-refractivity contribution < 1.29 is 9.18 Å². The molecule has 1 aromatic heterocycles. The first-order valence-electron chi connectivity index (χ1n) is 5.69. The van der Waals surface area contributed by atoms with E-state index in [1.54, 1.807) is 30.3 Å². The number of primary amides is 1. The highest BCUT2D eigenvalue weighted by molar-refractivity contribution is 5.96. The molecule has 0 fully saturated rings. The minimum absolute atomic E-state index is 0.295. The molecule has 0 radical (unpaired) electrons. The van der Waals surface area contributed by atoms with Gasteiger partial charge < -0.3 is 10.7 Å². The summed E-state index contributed by atoms with van der Waals surface area (Å²) in [7, 11) is 0. The van der Waals surface area contributed by atoms with Crippen LogP contribution in [-0.2, 0) is 0 Å². The van der Waals surface area contributed by atoms with Gasteiger partial charge in [-0.15, -0.1) is 0 Å². The van der Waals surface area contributed by atoms with Crippen molar-refractivity contribution in [3.8, 4) is 11.4 Å².